The third-order valence-electron chi connectivity index (χ3n) is 3.79. The van der Waals surface area contributed by atoms with E-state index >= 15 is 0 Å². The molecule has 4 nitrogen and oxygen atoms in total. The van der Waals surface area contributed by atoms with E-state index in [0.717, 1.165) is 40.7 Å². The summed E-state index contributed by atoms with van der Waals surface area (Å²) in [6.45, 7) is 0.824. The summed E-state index contributed by atoms with van der Waals surface area (Å²) in [5.41, 5.74) is 1.92. The zero-order valence-corrected chi connectivity index (χ0v) is 13.4. The molecule has 0 fully saturated rings. The fraction of sp³-hybridized carbons (Fsp3) is 0.200. The summed E-state index contributed by atoms with van der Waals surface area (Å²) in [6.07, 6.45) is 1.61. The van der Waals surface area contributed by atoms with Gasteiger partial charge < -0.3 is 20.3 Å². The van der Waals surface area contributed by atoms with Gasteiger partial charge in [-0.3, -0.25) is 0 Å². The normalized spacial score (nSPS) is 10.7. The smallest absolute Gasteiger partial charge is 0.119 e. The standard InChI is InChI=1S/C20H21NO3/c22-11-1-2-12-24-20-10-4-15-13-18(5-3-16(15)14-20)21-17-6-8-19(23)9-7-17/h3-10,13-14,21-23H,1-2,11-12H2. The van der Waals surface area contributed by atoms with Crippen molar-refractivity contribution in [2.24, 2.45) is 0 Å². The zero-order valence-electron chi connectivity index (χ0n) is 13.4. The Bertz CT molecular complexity index is 800. The molecule has 0 atom stereocenters. The number of aliphatic hydroxyl groups excluding tert-OH is 1. The minimum absolute atomic E-state index is 0.206. The summed E-state index contributed by atoms with van der Waals surface area (Å²) in [5.74, 6) is 1.10. The van der Waals surface area contributed by atoms with Crippen molar-refractivity contribution in [3.8, 4) is 11.5 Å². The number of hydrogen-bond acceptors (Lipinski definition) is 4. The van der Waals surface area contributed by atoms with Gasteiger partial charge in [-0.15, -0.1) is 0 Å². The number of phenolic OH excluding ortho intramolecular Hbond substituents is 1. The highest BCUT2D eigenvalue weighted by Crippen LogP contribution is 2.26. The molecule has 24 heavy (non-hydrogen) atoms. The molecule has 0 radical (unpaired) electrons. The van der Waals surface area contributed by atoms with E-state index in [1.54, 1.807) is 12.1 Å². The highest BCUT2D eigenvalue weighted by molar-refractivity contribution is 5.87. The van der Waals surface area contributed by atoms with Gasteiger partial charge in [0.25, 0.3) is 0 Å². The molecule has 0 saturated carbocycles. The SMILES string of the molecule is OCCCCOc1ccc2cc(Nc3ccc(O)cc3)ccc2c1. The minimum atomic E-state index is 0.206. The van der Waals surface area contributed by atoms with E-state index in [9.17, 15) is 5.11 Å². The predicted octanol–water partition coefficient (Wildman–Crippen LogP) is 4.44. The summed E-state index contributed by atoms with van der Waals surface area (Å²) in [7, 11) is 0. The van der Waals surface area contributed by atoms with E-state index in [4.69, 9.17) is 9.84 Å². The lowest BCUT2D eigenvalue weighted by Gasteiger charge is -2.10. The summed E-state index contributed by atoms with van der Waals surface area (Å²) >= 11 is 0. The average molecular weight is 323 g/mol. The van der Waals surface area contributed by atoms with Gasteiger partial charge in [-0.05, 0) is 72.1 Å². The Hall–Kier alpha value is -2.72. The number of fused-ring (bicyclic) bond motifs is 1. The number of anilines is 2. The second-order valence-electron chi connectivity index (χ2n) is 5.67. The van der Waals surface area contributed by atoms with Gasteiger partial charge in [-0.1, -0.05) is 12.1 Å². The maximum absolute atomic E-state index is 9.33. The molecule has 0 heterocycles. The lowest BCUT2D eigenvalue weighted by Crippen LogP contribution is -1.98. The topological polar surface area (TPSA) is 61.7 Å². The van der Waals surface area contributed by atoms with Gasteiger partial charge in [0.15, 0.2) is 0 Å². The van der Waals surface area contributed by atoms with Crippen LogP contribution in [-0.4, -0.2) is 23.4 Å². The van der Waals surface area contributed by atoms with Crippen LogP contribution in [0.5, 0.6) is 11.5 Å². The number of nitrogens with one attached hydrogen (secondary N) is 1. The van der Waals surface area contributed by atoms with Crippen LogP contribution in [0.25, 0.3) is 10.8 Å². The van der Waals surface area contributed by atoms with Crippen molar-refractivity contribution in [3.63, 3.8) is 0 Å². The number of hydrogen-bond donors (Lipinski definition) is 3. The molecule has 0 spiro atoms. The molecule has 3 N–H and O–H groups in total. The Balaban J connectivity index is 1.70. The van der Waals surface area contributed by atoms with Crippen LogP contribution >= 0.6 is 0 Å². The molecule has 3 rings (SSSR count). The van der Waals surface area contributed by atoms with Crippen LogP contribution in [-0.2, 0) is 0 Å². The summed E-state index contributed by atoms with van der Waals surface area (Å²) in [4.78, 5) is 0. The van der Waals surface area contributed by atoms with Gasteiger partial charge in [-0.25, -0.2) is 0 Å². The van der Waals surface area contributed by atoms with Crippen LogP contribution in [0.3, 0.4) is 0 Å². The molecular weight excluding hydrogens is 302 g/mol. The number of unbranched alkanes of at least 4 members (excludes halogenated alkanes) is 1. The Morgan fingerprint density at radius 2 is 1.50 bits per heavy atom. The molecule has 0 bridgehead atoms. The first kappa shape index (κ1) is 16.1. The van der Waals surface area contributed by atoms with Crippen LogP contribution in [0.4, 0.5) is 11.4 Å². The van der Waals surface area contributed by atoms with E-state index < -0.39 is 0 Å². The van der Waals surface area contributed by atoms with Gasteiger partial charge in [0.2, 0.25) is 0 Å². The minimum Gasteiger partial charge on any atom is -0.508 e. The van der Waals surface area contributed by atoms with E-state index in [1.165, 1.54) is 0 Å². The first-order chi connectivity index (χ1) is 11.7. The van der Waals surface area contributed by atoms with Crippen LogP contribution in [0.1, 0.15) is 12.8 Å². The number of aromatic hydroxyl groups is 1. The van der Waals surface area contributed by atoms with Crippen molar-refractivity contribution in [2.75, 3.05) is 18.5 Å². The maximum atomic E-state index is 9.33. The summed E-state index contributed by atoms with van der Waals surface area (Å²) in [6, 6.07) is 19.2. The third kappa shape index (κ3) is 4.18. The zero-order chi connectivity index (χ0) is 16.8. The fourth-order valence-corrected chi connectivity index (χ4v) is 2.51. The predicted molar refractivity (Wildman–Crippen MR) is 97.2 cm³/mol. The molecule has 3 aromatic rings. The van der Waals surface area contributed by atoms with Crippen molar-refractivity contribution in [2.45, 2.75) is 12.8 Å². The quantitative estimate of drug-likeness (QED) is 0.444. The molecule has 0 amide bonds. The Labute approximate surface area is 141 Å². The van der Waals surface area contributed by atoms with Gasteiger partial charge in [0.1, 0.15) is 11.5 Å². The van der Waals surface area contributed by atoms with E-state index in [0.29, 0.717) is 6.61 Å². The van der Waals surface area contributed by atoms with Gasteiger partial charge in [-0.2, -0.15) is 0 Å². The molecule has 0 unspecified atom stereocenters. The van der Waals surface area contributed by atoms with Gasteiger partial charge >= 0.3 is 0 Å². The Kier molecular flexibility index (Phi) is 5.18. The lowest BCUT2D eigenvalue weighted by molar-refractivity contribution is 0.253. The Morgan fingerprint density at radius 3 is 2.29 bits per heavy atom. The van der Waals surface area contributed by atoms with Crippen molar-refractivity contribution in [1.82, 2.24) is 0 Å². The molecule has 124 valence electrons. The van der Waals surface area contributed by atoms with Crippen LogP contribution in [0.15, 0.2) is 60.7 Å². The van der Waals surface area contributed by atoms with Crippen molar-refractivity contribution < 1.29 is 14.9 Å². The number of ether oxygens (including phenoxy) is 1. The van der Waals surface area contributed by atoms with Crippen LogP contribution in [0, 0.1) is 0 Å². The molecule has 0 aliphatic heterocycles. The van der Waals surface area contributed by atoms with E-state index in [-0.39, 0.29) is 12.4 Å². The monoisotopic (exact) mass is 323 g/mol. The second-order valence-corrected chi connectivity index (χ2v) is 5.67. The Morgan fingerprint density at radius 1 is 0.792 bits per heavy atom. The van der Waals surface area contributed by atoms with Crippen molar-refractivity contribution in [3.05, 3.63) is 60.7 Å². The van der Waals surface area contributed by atoms with Gasteiger partial charge in [0.05, 0.1) is 6.61 Å². The third-order valence-corrected chi connectivity index (χ3v) is 3.79. The molecule has 0 aliphatic rings. The number of benzene rings is 3. The molecular formula is C20H21NO3. The second kappa shape index (κ2) is 7.70. The first-order valence-corrected chi connectivity index (χ1v) is 8.08. The van der Waals surface area contributed by atoms with E-state index in [1.807, 2.05) is 36.4 Å². The fourth-order valence-electron chi connectivity index (χ4n) is 2.51. The van der Waals surface area contributed by atoms with Crippen molar-refractivity contribution >= 4 is 22.1 Å². The largest absolute Gasteiger partial charge is 0.508 e. The highest BCUT2D eigenvalue weighted by atomic mass is 16.5. The lowest BCUT2D eigenvalue weighted by atomic mass is 10.1. The number of rotatable bonds is 7. The highest BCUT2D eigenvalue weighted by Gasteiger charge is 2.01. The number of aliphatic hydroxyl groups is 1. The van der Waals surface area contributed by atoms with Crippen LogP contribution < -0.4 is 10.1 Å². The molecule has 0 aromatic heterocycles. The molecule has 0 aliphatic carbocycles. The molecule has 4 heteroatoms. The molecule has 0 saturated heterocycles. The maximum Gasteiger partial charge on any atom is 0.119 e. The summed E-state index contributed by atoms with van der Waals surface area (Å²) in [5, 5.41) is 23.7. The van der Waals surface area contributed by atoms with E-state index in [2.05, 4.69) is 17.4 Å². The van der Waals surface area contributed by atoms with Crippen molar-refractivity contribution in [1.29, 1.82) is 0 Å². The first-order valence-electron chi connectivity index (χ1n) is 8.08. The van der Waals surface area contributed by atoms with Crippen LogP contribution in [0.2, 0.25) is 0 Å². The molecule has 3 aromatic carbocycles. The average Bonchev–Trinajstić information content (AvgIpc) is 2.61. The number of phenols is 1. The van der Waals surface area contributed by atoms with Gasteiger partial charge in [0, 0.05) is 18.0 Å². The summed E-state index contributed by atoms with van der Waals surface area (Å²) < 4.78 is 5.70.